The number of carbonyl (C=O) groups excluding carboxylic acids is 2. The Kier molecular flexibility index (Phi) is 6.71. The quantitative estimate of drug-likeness (QED) is 0.443. The molecule has 0 aromatic heterocycles. The Hall–Kier alpha value is -3.65. The third kappa shape index (κ3) is 5.93. The van der Waals surface area contributed by atoms with Crippen LogP contribution in [0, 0.1) is 13.8 Å². The first-order chi connectivity index (χ1) is 14.7. The molecule has 3 rings (SSSR count). The van der Waals surface area contributed by atoms with Crippen molar-refractivity contribution in [3.63, 3.8) is 0 Å². The molecule has 0 aliphatic carbocycles. The Morgan fingerprint density at radius 2 is 1.58 bits per heavy atom. The molecule has 3 aromatic rings. The van der Waals surface area contributed by atoms with Gasteiger partial charge in [-0.05, 0) is 67.4 Å². The summed E-state index contributed by atoms with van der Waals surface area (Å²) in [5.74, 6) is -1.13. The Bertz CT molecular complexity index is 1190. The standard InChI is InChI=1S/C23H21NO6S/c1-16-8-9-17(2)21(14-16)31(27,28)30-20-12-10-18(11-13-20)23(26)29-15-22(25)24-19-6-4-3-5-7-19/h3-14H,15H2,1-2H3,(H,24,25). The van der Waals surface area contributed by atoms with Crippen molar-refractivity contribution in [2.75, 3.05) is 11.9 Å². The van der Waals surface area contributed by atoms with Crippen LogP contribution in [0.15, 0.2) is 77.7 Å². The van der Waals surface area contributed by atoms with Crippen LogP contribution < -0.4 is 9.50 Å². The van der Waals surface area contributed by atoms with E-state index in [9.17, 15) is 18.0 Å². The molecule has 0 heterocycles. The van der Waals surface area contributed by atoms with Crippen LogP contribution >= 0.6 is 0 Å². The van der Waals surface area contributed by atoms with E-state index in [4.69, 9.17) is 8.92 Å². The van der Waals surface area contributed by atoms with Crippen LogP contribution in [0.4, 0.5) is 5.69 Å². The van der Waals surface area contributed by atoms with Crippen LogP contribution in [0.1, 0.15) is 21.5 Å². The minimum absolute atomic E-state index is 0.0549. The lowest BCUT2D eigenvalue weighted by molar-refractivity contribution is -0.119. The Morgan fingerprint density at radius 3 is 2.26 bits per heavy atom. The minimum Gasteiger partial charge on any atom is -0.452 e. The fourth-order valence-electron chi connectivity index (χ4n) is 2.73. The molecule has 8 heteroatoms. The Morgan fingerprint density at radius 1 is 0.903 bits per heavy atom. The molecule has 7 nitrogen and oxygen atoms in total. The molecule has 160 valence electrons. The number of carbonyl (C=O) groups is 2. The highest BCUT2D eigenvalue weighted by molar-refractivity contribution is 7.87. The average molecular weight is 439 g/mol. The second-order valence-corrected chi connectivity index (χ2v) is 8.34. The summed E-state index contributed by atoms with van der Waals surface area (Å²) in [6.07, 6.45) is 0. The van der Waals surface area contributed by atoms with Crippen molar-refractivity contribution >= 4 is 27.7 Å². The first-order valence-corrected chi connectivity index (χ1v) is 10.8. The zero-order valence-corrected chi connectivity index (χ0v) is 17.8. The van der Waals surface area contributed by atoms with Crippen molar-refractivity contribution in [3.8, 4) is 5.75 Å². The van der Waals surface area contributed by atoms with E-state index >= 15 is 0 Å². The fourth-order valence-corrected chi connectivity index (χ4v) is 3.97. The van der Waals surface area contributed by atoms with Crippen molar-refractivity contribution in [2.45, 2.75) is 18.7 Å². The number of hydrogen-bond acceptors (Lipinski definition) is 6. The highest BCUT2D eigenvalue weighted by Gasteiger charge is 2.20. The maximum absolute atomic E-state index is 12.6. The molecule has 0 saturated heterocycles. The number of ether oxygens (including phenoxy) is 1. The van der Waals surface area contributed by atoms with Gasteiger partial charge in [-0.2, -0.15) is 8.42 Å². The van der Waals surface area contributed by atoms with Crippen LogP contribution in [0.3, 0.4) is 0 Å². The minimum atomic E-state index is -4.02. The Balaban J connectivity index is 1.60. The van der Waals surface area contributed by atoms with Crippen molar-refractivity contribution in [1.29, 1.82) is 0 Å². The van der Waals surface area contributed by atoms with Crippen molar-refractivity contribution < 1.29 is 26.9 Å². The maximum atomic E-state index is 12.6. The molecule has 31 heavy (non-hydrogen) atoms. The predicted molar refractivity (Wildman–Crippen MR) is 116 cm³/mol. The van der Waals surface area contributed by atoms with Crippen LogP contribution in [-0.2, 0) is 19.6 Å². The molecular weight excluding hydrogens is 418 g/mol. The molecule has 1 amide bonds. The number of hydrogen-bond donors (Lipinski definition) is 1. The SMILES string of the molecule is Cc1ccc(C)c(S(=O)(=O)Oc2ccc(C(=O)OCC(=O)Nc3ccccc3)cc2)c1. The normalized spacial score (nSPS) is 10.9. The monoisotopic (exact) mass is 439 g/mol. The van der Waals surface area contributed by atoms with Gasteiger partial charge in [0.05, 0.1) is 5.56 Å². The molecule has 0 spiro atoms. The van der Waals surface area contributed by atoms with E-state index in [-0.39, 0.29) is 16.2 Å². The molecule has 0 fully saturated rings. The predicted octanol–water partition coefficient (Wildman–Crippen LogP) is 3.87. The Labute approximate surface area is 180 Å². The van der Waals surface area contributed by atoms with E-state index in [1.54, 1.807) is 44.2 Å². The molecule has 0 saturated carbocycles. The second kappa shape index (κ2) is 9.44. The number of esters is 1. The van der Waals surface area contributed by atoms with Crippen LogP contribution in [0.25, 0.3) is 0 Å². The first-order valence-electron chi connectivity index (χ1n) is 9.38. The fraction of sp³-hybridized carbons (Fsp3) is 0.130. The number of nitrogens with one attached hydrogen (secondary N) is 1. The average Bonchev–Trinajstić information content (AvgIpc) is 2.74. The summed E-state index contributed by atoms with van der Waals surface area (Å²) >= 11 is 0. The van der Waals surface area contributed by atoms with E-state index in [1.165, 1.54) is 30.3 Å². The molecule has 0 aliphatic heterocycles. The van der Waals surface area contributed by atoms with E-state index in [0.29, 0.717) is 11.3 Å². The number of amides is 1. The maximum Gasteiger partial charge on any atom is 0.339 e. The summed E-state index contributed by atoms with van der Waals surface area (Å²) in [4.78, 5) is 24.1. The number of para-hydroxylation sites is 1. The van der Waals surface area contributed by atoms with Gasteiger partial charge < -0.3 is 14.2 Å². The van der Waals surface area contributed by atoms with Gasteiger partial charge in [0.15, 0.2) is 6.61 Å². The highest BCUT2D eigenvalue weighted by Crippen LogP contribution is 2.23. The third-order valence-electron chi connectivity index (χ3n) is 4.30. The summed E-state index contributed by atoms with van der Waals surface area (Å²) in [6.45, 7) is 3.02. The van der Waals surface area contributed by atoms with Crippen molar-refractivity contribution in [1.82, 2.24) is 0 Å². The summed E-state index contributed by atoms with van der Waals surface area (Å²) < 4.78 is 35.3. The summed E-state index contributed by atoms with van der Waals surface area (Å²) in [5, 5.41) is 2.60. The lowest BCUT2D eigenvalue weighted by atomic mass is 10.2. The van der Waals surface area contributed by atoms with E-state index in [0.717, 1.165) is 5.56 Å². The van der Waals surface area contributed by atoms with Gasteiger partial charge in [-0.1, -0.05) is 30.3 Å². The summed E-state index contributed by atoms with van der Waals surface area (Å²) in [5.41, 5.74) is 2.11. The van der Waals surface area contributed by atoms with Gasteiger partial charge in [0.2, 0.25) is 0 Å². The zero-order chi connectivity index (χ0) is 22.4. The molecular formula is C23H21NO6S. The largest absolute Gasteiger partial charge is 0.452 e. The molecule has 0 radical (unpaired) electrons. The second-order valence-electron chi connectivity index (χ2n) is 6.82. The van der Waals surface area contributed by atoms with E-state index in [2.05, 4.69) is 5.32 Å². The number of aryl methyl sites for hydroxylation is 2. The molecule has 3 aromatic carbocycles. The van der Waals surface area contributed by atoms with Gasteiger partial charge in [0.25, 0.3) is 5.91 Å². The number of rotatable bonds is 7. The van der Waals surface area contributed by atoms with Crippen LogP contribution in [0.2, 0.25) is 0 Å². The van der Waals surface area contributed by atoms with Gasteiger partial charge in [-0.15, -0.1) is 0 Å². The van der Waals surface area contributed by atoms with Gasteiger partial charge in [-0.3, -0.25) is 4.79 Å². The highest BCUT2D eigenvalue weighted by atomic mass is 32.2. The summed E-state index contributed by atoms with van der Waals surface area (Å²) in [7, 11) is -4.02. The van der Waals surface area contributed by atoms with Gasteiger partial charge in [0.1, 0.15) is 10.6 Å². The molecule has 1 N–H and O–H groups in total. The van der Waals surface area contributed by atoms with Crippen LogP contribution in [-0.4, -0.2) is 26.9 Å². The van der Waals surface area contributed by atoms with Gasteiger partial charge >= 0.3 is 16.1 Å². The van der Waals surface area contributed by atoms with Gasteiger partial charge in [0, 0.05) is 5.69 Å². The van der Waals surface area contributed by atoms with Crippen molar-refractivity contribution in [3.05, 3.63) is 89.5 Å². The lowest BCUT2D eigenvalue weighted by Crippen LogP contribution is -2.20. The topological polar surface area (TPSA) is 98.8 Å². The zero-order valence-electron chi connectivity index (χ0n) is 17.0. The lowest BCUT2D eigenvalue weighted by Gasteiger charge is -2.10. The molecule has 0 unspecified atom stereocenters. The van der Waals surface area contributed by atoms with Crippen molar-refractivity contribution in [2.24, 2.45) is 0 Å². The number of anilines is 1. The number of benzene rings is 3. The third-order valence-corrected chi connectivity index (χ3v) is 5.69. The van der Waals surface area contributed by atoms with E-state index in [1.807, 2.05) is 12.1 Å². The molecule has 0 aliphatic rings. The first kappa shape index (κ1) is 22.0. The van der Waals surface area contributed by atoms with E-state index < -0.39 is 28.6 Å². The van der Waals surface area contributed by atoms with Crippen LogP contribution in [0.5, 0.6) is 5.75 Å². The molecule has 0 atom stereocenters. The molecule has 0 bridgehead atoms. The van der Waals surface area contributed by atoms with Gasteiger partial charge in [-0.25, -0.2) is 4.79 Å². The smallest absolute Gasteiger partial charge is 0.339 e. The summed E-state index contributed by atoms with van der Waals surface area (Å²) in [6, 6.07) is 19.3.